The summed E-state index contributed by atoms with van der Waals surface area (Å²) in [6.45, 7) is -2.81. The van der Waals surface area contributed by atoms with E-state index in [1.54, 1.807) is 0 Å². The molecule has 12 heteroatoms. The summed E-state index contributed by atoms with van der Waals surface area (Å²) in [7, 11) is 0.635. The minimum atomic E-state index is -2.81. The van der Waals surface area contributed by atoms with Crippen LogP contribution in [0.3, 0.4) is 0 Å². The molecule has 162 valence electrons. The Labute approximate surface area is 168 Å². The summed E-state index contributed by atoms with van der Waals surface area (Å²) in [6.07, 6.45) is 0. The fourth-order valence-electron chi connectivity index (χ4n) is 3.15. The molecule has 3 aromatic carbocycles. The third-order valence-electron chi connectivity index (χ3n) is 4.41. The number of rotatable bonds is 4. The van der Waals surface area contributed by atoms with Crippen molar-refractivity contribution in [3.05, 3.63) is 82.4 Å². The molecule has 0 aliphatic rings. The van der Waals surface area contributed by atoms with E-state index in [1.807, 2.05) is 0 Å². The second-order valence-corrected chi connectivity index (χ2v) is 6.20. The minimum absolute atomic E-state index is 0.0255. The number of methoxy groups -OCH3 is 1. The fourth-order valence-corrected chi connectivity index (χ4v) is 3.15. The number of ether oxygens (including phenoxy) is 1. The van der Waals surface area contributed by atoms with Gasteiger partial charge in [-0.3, -0.25) is 0 Å². The molecular formula is C19H7BF10O. The summed E-state index contributed by atoms with van der Waals surface area (Å²) in [5, 5.41) is 0. The second-order valence-electron chi connectivity index (χ2n) is 6.20. The first kappa shape index (κ1) is 22.5. The Morgan fingerprint density at radius 1 is 0.516 bits per heavy atom. The molecule has 31 heavy (non-hydrogen) atoms. The van der Waals surface area contributed by atoms with Crippen LogP contribution in [0.5, 0.6) is 5.75 Å². The minimum Gasteiger partial charge on any atom is -0.491 e. The van der Waals surface area contributed by atoms with Crippen molar-refractivity contribution in [3.8, 4) is 5.75 Å². The first-order chi connectivity index (χ1) is 14.5. The van der Waals surface area contributed by atoms with Crippen molar-refractivity contribution in [3.63, 3.8) is 0 Å². The van der Waals surface area contributed by atoms with Crippen molar-refractivity contribution in [1.82, 2.24) is 0 Å². The lowest BCUT2D eigenvalue weighted by Gasteiger charge is -2.21. The third kappa shape index (κ3) is 3.70. The SMILES string of the molecule is COc1c(F)c(F)c(F)c(B(c2c(F)cc(F)cc2F)c2c(F)cc(F)cc2F)c1F. The third-order valence-corrected chi connectivity index (χ3v) is 4.41. The standard InChI is InChI=1S/C19H7BF10O/c1-31-19-16(28)14(15(27)17(29)18(19)30)20(12-8(23)2-6(21)3-9(12)24)13-10(25)4-7(22)5-11(13)26/h2-5H,1H3. The molecule has 3 aromatic rings. The Morgan fingerprint density at radius 2 is 0.903 bits per heavy atom. The maximum atomic E-state index is 14.9. The van der Waals surface area contributed by atoms with E-state index in [-0.39, 0.29) is 24.3 Å². The van der Waals surface area contributed by atoms with Crippen molar-refractivity contribution >= 4 is 23.1 Å². The molecule has 0 saturated carbocycles. The van der Waals surface area contributed by atoms with Gasteiger partial charge in [0, 0.05) is 40.7 Å². The van der Waals surface area contributed by atoms with Crippen LogP contribution in [-0.4, -0.2) is 13.8 Å². The highest BCUT2D eigenvalue weighted by Gasteiger charge is 2.41. The summed E-state index contributed by atoms with van der Waals surface area (Å²) < 4.78 is 146. The van der Waals surface area contributed by atoms with Crippen LogP contribution in [0.2, 0.25) is 0 Å². The van der Waals surface area contributed by atoms with Crippen LogP contribution in [0.1, 0.15) is 0 Å². The molecule has 1 nitrogen and oxygen atoms in total. The van der Waals surface area contributed by atoms with Crippen LogP contribution in [0.25, 0.3) is 0 Å². The Morgan fingerprint density at radius 3 is 1.26 bits per heavy atom. The van der Waals surface area contributed by atoms with Crippen LogP contribution < -0.4 is 21.1 Å². The molecule has 0 aromatic heterocycles. The Balaban J connectivity index is 2.54. The quantitative estimate of drug-likeness (QED) is 0.255. The second kappa shape index (κ2) is 8.16. The molecule has 0 radical (unpaired) electrons. The molecule has 0 aliphatic heterocycles. The van der Waals surface area contributed by atoms with Gasteiger partial charge in [0.25, 0.3) is 6.71 Å². The first-order valence-corrected chi connectivity index (χ1v) is 8.18. The van der Waals surface area contributed by atoms with Crippen LogP contribution >= 0.6 is 0 Å². The van der Waals surface area contributed by atoms with Gasteiger partial charge < -0.3 is 4.74 Å². The van der Waals surface area contributed by atoms with E-state index in [0.717, 1.165) is 0 Å². The topological polar surface area (TPSA) is 9.23 Å². The van der Waals surface area contributed by atoms with Crippen molar-refractivity contribution < 1.29 is 48.6 Å². The molecule has 0 fully saturated rings. The lowest BCUT2D eigenvalue weighted by atomic mass is 9.36. The summed E-state index contributed by atoms with van der Waals surface area (Å²) in [5.41, 5.74) is -4.79. The Bertz CT molecular complexity index is 1090. The van der Waals surface area contributed by atoms with Crippen LogP contribution in [0.15, 0.2) is 24.3 Å². The van der Waals surface area contributed by atoms with E-state index < -0.39 is 87.0 Å². The fraction of sp³-hybridized carbons (Fsp3) is 0.0526. The van der Waals surface area contributed by atoms with E-state index in [9.17, 15) is 43.9 Å². The molecule has 0 bridgehead atoms. The summed E-state index contributed by atoms with van der Waals surface area (Å²) in [5.74, 6) is -21.1. The Hall–Kier alpha value is -3.18. The predicted octanol–water partition coefficient (Wildman–Crippen LogP) is 3.60. The maximum Gasteiger partial charge on any atom is 0.264 e. The molecule has 0 saturated heterocycles. The smallest absolute Gasteiger partial charge is 0.264 e. The van der Waals surface area contributed by atoms with Crippen LogP contribution in [0.4, 0.5) is 43.9 Å². The molecule has 3 rings (SSSR count). The van der Waals surface area contributed by atoms with Gasteiger partial charge in [0.15, 0.2) is 23.2 Å². The maximum absolute atomic E-state index is 14.9. The van der Waals surface area contributed by atoms with Gasteiger partial charge in [-0.1, -0.05) is 0 Å². The molecule has 0 N–H and O–H groups in total. The lowest BCUT2D eigenvalue weighted by molar-refractivity contribution is 0.338. The number of hydrogen-bond donors (Lipinski definition) is 0. The van der Waals surface area contributed by atoms with E-state index in [1.165, 1.54) is 0 Å². The van der Waals surface area contributed by atoms with Gasteiger partial charge >= 0.3 is 0 Å². The zero-order valence-corrected chi connectivity index (χ0v) is 15.1. The lowest BCUT2D eigenvalue weighted by Crippen LogP contribution is -2.59. The summed E-state index contributed by atoms with van der Waals surface area (Å²) >= 11 is 0. The molecule has 0 amide bonds. The van der Waals surface area contributed by atoms with Gasteiger partial charge in [0.1, 0.15) is 34.9 Å². The number of halogens is 10. The largest absolute Gasteiger partial charge is 0.491 e. The van der Waals surface area contributed by atoms with Crippen molar-refractivity contribution in [2.24, 2.45) is 0 Å². The zero-order valence-electron chi connectivity index (χ0n) is 15.1. The van der Waals surface area contributed by atoms with Gasteiger partial charge in [-0.15, -0.1) is 0 Å². The first-order valence-electron chi connectivity index (χ1n) is 8.18. The van der Waals surface area contributed by atoms with Gasteiger partial charge in [-0.25, -0.2) is 39.5 Å². The molecule has 0 atom stereocenters. The highest BCUT2D eigenvalue weighted by molar-refractivity contribution is 6.95. The number of benzene rings is 3. The van der Waals surface area contributed by atoms with Crippen LogP contribution in [0, 0.1) is 58.2 Å². The van der Waals surface area contributed by atoms with Crippen molar-refractivity contribution in [2.45, 2.75) is 0 Å². The highest BCUT2D eigenvalue weighted by atomic mass is 19.2. The van der Waals surface area contributed by atoms with Crippen molar-refractivity contribution in [1.29, 1.82) is 0 Å². The zero-order chi connectivity index (χ0) is 23.2. The van der Waals surface area contributed by atoms with E-state index >= 15 is 0 Å². The van der Waals surface area contributed by atoms with Gasteiger partial charge in [0.2, 0.25) is 5.82 Å². The normalized spacial score (nSPS) is 11.1. The molecular weight excluding hydrogens is 445 g/mol. The van der Waals surface area contributed by atoms with Gasteiger partial charge in [-0.05, 0) is 0 Å². The molecule has 0 spiro atoms. The van der Waals surface area contributed by atoms with Gasteiger partial charge in [0.05, 0.1) is 7.11 Å². The van der Waals surface area contributed by atoms with E-state index in [4.69, 9.17) is 0 Å². The average molecular weight is 452 g/mol. The van der Waals surface area contributed by atoms with E-state index in [2.05, 4.69) is 4.74 Å². The Kier molecular flexibility index (Phi) is 5.92. The summed E-state index contributed by atoms with van der Waals surface area (Å²) in [6, 6.07) is 0.102. The monoisotopic (exact) mass is 452 g/mol. The number of hydrogen-bond acceptors (Lipinski definition) is 1. The molecule has 0 aliphatic carbocycles. The highest BCUT2D eigenvalue weighted by Crippen LogP contribution is 2.25. The average Bonchev–Trinajstić information content (AvgIpc) is 2.65. The molecule has 0 heterocycles. The molecule has 0 unspecified atom stereocenters. The van der Waals surface area contributed by atoms with Gasteiger partial charge in [-0.2, -0.15) is 4.39 Å². The summed E-state index contributed by atoms with van der Waals surface area (Å²) in [4.78, 5) is 0. The van der Waals surface area contributed by atoms with E-state index in [0.29, 0.717) is 7.11 Å². The predicted molar refractivity (Wildman–Crippen MR) is 90.1 cm³/mol. The van der Waals surface area contributed by atoms with Crippen LogP contribution in [-0.2, 0) is 0 Å². The van der Waals surface area contributed by atoms with Crippen molar-refractivity contribution in [2.75, 3.05) is 7.11 Å².